The molecular weight excluding hydrogens is 198 g/mol. The normalized spacial score (nSPS) is 10.4. The third-order valence-corrected chi connectivity index (χ3v) is 2.60. The summed E-state index contributed by atoms with van der Waals surface area (Å²) < 4.78 is 5.10. The zero-order valence-electron chi connectivity index (χ0n) is 7.38. The Morgan fingerprint density at radius 3 is 2.64 bits per heavy atom. The molecule has 3 nitrogen and oxygen atoms in total. The molecule has 0 saturated carbocycles. The quantitative estimate of drug-likeness (QED) is 0.839. The van der Waals surface area contributed by atoms with E-state index >= 15 is 0 Å². The Labute approximate surface area is 85.8 Å². The third-order valence-electron chi connectivity index (χ3n) is 1.72. The minimum Gasteiger partial charge on any atom is -0.440 e. The van der Waals surface area contributed by atoms with E-state index in [1.807, 2.05) is 24.3 Å². The number of aliphatic hydroxyl groups excluding tert-OH is 1. The summed E-state index contributed by atoms with van der Waals surface area (Å²) >= 11 is 1.45. The van der Waals surface area contributed by atoms with Gasteiger partial charge in [0, 0.05) is 4.90 Å². The zero-order valence-corrected chi connectivity index (χ0v) is 8.20. The molecule has 1 N–H and O–H groups in total. The molecule has 0 bridgehead atoms. The Balaban J connectivity index is 2.10. The lowest BCUT2D eigenvalue weighted by Crippen LogP contribution is -1.81. The fourth-order valence-corrected chi connectivity index (χ4v) is 1.72. The van der Waals surface area contributed by atoms with Crippen molar-refractivity contribution in [2.24, 2.45) is 0 Å². The van der Waals surface area contributed by atoms with Gasteiger partial charge in [-0.25, -0.2) is 4.98 Å². The predicted molar refractivity (Wildman–Crippen MR) is 53.0 cm³/mol. The van der Waals surface area contributed by atoms with E-state index in [9.17, 15) is 0 Å². The van der Waals surface area contributed by atoms with Crippen LogP contribution in [0.25, 0.3) is 0 Å². The Kier molecular flexibility index (Phi) is 2.86. The van der Waals surface area contributed by atoms with Crippen LogP contribution in [0.15, 0.2) is 51.3 Å². The van der Waals surface area contributed by atoms with Crippen LogP contribution in [0.3, 0.4) is 0 Å². The SMILES string of the molecule is OCc1ccc(Sc2ncco2)cc1. The second-order valence-electron chi connectivity index (χ2n) is 2.70. The number of aliphatic hydroxyl groups is 1. The fraction of sp³-hybridized carbons (Fsp3) is 0.100. The second kappa shape index (κ2) is 4.30. The number of benzene rings is 1. The van der Waals surface area contributed by atoms with Crippen molar-refractivity contribution in [2.75, 3.05) is 0 Å². The number of rotatable bonds is 3. The molecule has 0 aliphatic carbocycles. The van der Waals surface area contributed by atoms with Gasteiger partial charge < -0.3 is 9.52 Å². The van der Waals surface area contributed by atoms with Crippen molar-refractivity contribution in [3.63, 3.8) is 0 Å². The molecule has 4 heteroatoms. The van der Waals surface area contributed by atoms with E-state index in [-0.39, 0.29) is 6.61 Å². The van der Waals surface area contributed by atoms with Crippen LogP contribution in [-0.4, -0.2) is 10.1 Å². The van der Waals surface area contributed by atoms with Gasteiger partial charge in [0.2, 0.25) is 0 Å². The highest BCUT2D eigenvalue weighted by Gasteiger charge is 2.00. The van der Waals surface area contributed by atoms with Gasteiger partial charge in [0.1, 0.15) is 6.26 Å². The standard InChI is InChI=1S/C10H9NO2S/c12-7-8-1-3-9(4-2-8)14-10-11-5-6-13-10/h1-6,12H,7H2. The highest BCUT2D eigenvalue weighted by Crippen LogP contribution is 2.25. The smallest absolute Gasteiger partial charge is 0.260 e. The summed E-state index contributed by atoms with van der Waals surface area (Å²) in [4.78, 5) is 5.05. The third kappa shape index (κ3) is 2.16. The average Bonchev–Trinajstić information content (AvgIpc) is 2.72. The first kappa shape index (κ1) is 9.30. The number of hydrogen-bond donors (Lipinski definition) is 1. The van der Waals surface area contributed by atoms with Gasteiger partial charge in [-0.2, -0.15) is 0 Å². The first-order valence-corrected chi connectivity index (χ1v) is 4.97. The molecule has 2 aromatic rings. The summed E-state index contributed by atoms with van der Waals surface area (Å²) in [7, 11) is 0. The number of oxazole rings is 1. The summed E-state index contributed by atoms with van der Waals surface area (Å²) in [6.07, 6.45) is 3.16. The molecule has 0 aliphatic rings. The van der Waals surface area contributed by atoms with Crippen LogP contribution < -0.4 is 0 Å². The molecule has 1 aromatic heterocycles. The Bertz CT molecular complexity index is 383. The summed E-state index contributed by atoms with van der Waals surface area (Å²) in [5.74, 6) is 0. The van der Waals surface area contributed by atoms with Gasteiger partial charge in [-0.1, -0.05) is 12.1 Å². The van der Waals surface area contributed by atoms with Gasteiger partial charge in [-0.3, -0.25) is 0 Å². The van der Waals surface area contributed by atoms with Crippen molar-refractivity contribution in [3.8, 4) is 0 Å². The molecule has 1 heterocycles. The molecule has 0 fully saturated rings. The molecule has 0 amide bonds. The minimum atomic E-state index is 0.0734. The maximum absolute atomic E-state index is 8.85. The lowest BCUT2D eigenvalue weighted by atomic mass is 10.2. The van der Waals surface area contributed by atoms with E-state index in [0.717, 1.165) is 10.5 Å². The molecule has 0 radical (unpaired) electrons. The van der Waals surface area contributed by atoms with Crippen LogP contribution in [0.4, 0.5) is 0 Å². The van der Waals surface area contributed by atoms with E-state index in [0.29, 0.717) is 5.22 Å². The van der Waals surface area contributed by atoms with Gasteiger partial charge in [0.15, 0.2) is 0 Å². The topological polar surface area (TPSA) is 46.3 Å². The van der Waals surface area contributed by atoms with Gasteiger partial charge in [-0.05, 0) is 29.5 Å². The van der Waals surface area contributed by atoms with Gasteiger partial charge in [0.25, 0.3) is 5.22 Å². The van der Waals surface area contributed by atoms with Crippen LogP contribution in [0.5, 0.6) is 0 Å². The Morgan fingerprint density at radius 1 is 1.29 bits per heavy atom. The predicted octanol–water partition coefficient (Wildman–Crippen LogP) is 2.32. The molecule has 2 rings (SSSR count). The van der Waals surface area contributed by atoms with Crippen LogP contribution >= 0.6 is 11.8 Å². The molecule has 0 aliphatic heterocycles. The van der Waals surface area contributed by atoms with Gasteiger partial charge in [-0.15, -0.1) is 0 Å². The highest BCUT2D eigenvalue weighted by molar-refractivity contribution is 7.99. The van der Waals surface area contributed by atoms with E-state index in [4.69, 9.17) is 9.52 Å². The Hall–Kier alpha value is -1.26. The molecule has 14 heavy (non-hydrogen) atoms. The van der Waals surface area contributed by atoms with E-state index in [2.05, 4.69) is 4.98 Å². The Morgan fingerprint density at radius 2 is 2.07 bits per heavy atom. The average molecular weight is 207 g/mol. The van der Waals surface area contributed by atoms with Gasteiger partial charge >= 0.3 is 0 Å². The lowest BCUT2D eigenvalue weighted by molar-refractivity contribution is 0.282. The maximum Gasteiger partial charge on any atom is 0.260 e. The van der Waals surface area contributed by atoms with Crippen molar-refractivity contribution >= 4 is 11.8 Å². The summed E-state index contributed by atoms with van der Waals surface area (Å²) in [5.41, 5.74) is 0.904. The van der Waals surface area contributed by atoms with Crippen LogP contribution in [-0.2, 0) is 6.61 Å². The first-order valence-electron chi connectivity index (χ1n) is 4.15. The maximum atomic E-state index is 8.85. The van der Waals surface area contributed by atoms with E-state index < -0.39 is 0 Å². The van der Waals surface area contributed by atoms with Crippen LogP contribution in [0.2, 0.25) is 0 Å². The summed E-state index contributed by atoms with van der Waals surface area (Å²) in [5, 5.41) is 9.47. The number of hydrogen-bond acceptors (Lipinski definition) is 4. The largest absolute Gasteiger partial charge is 0.440 e. The van der Waals surface area contributed by atoms with Crippen molar-refractivity contribution in [1.29, 1.82) is 0 Å². The molecule has 1 aromatic carbocycles. The monoisotopic (exact) mass is 207 g/mol. The molecule has 72 valence electrons. The fourth-order valence-electron chi connectivity index (χ4n) is 1.02. The second-order valence-corrected chi connectivity index (χ2v) is 3.73. The molecule has 0 spiro atoms. The molecule has 0 saturated heterocycles. The summed E-state index contributed by atoms with van der Waals surface area (Å²) in [6.45, 7) is 0.0734. The van der Waals surface area contributed by atoms with Crippen molar-refractivity contribution < 1.29 is 9.52 Å². The van der Waals surface area contributed by atoms with Crippen molar-refractivity contribution in [1.82, 2.24) is 4.98 Å². The molecule has 0 atom stereocenters. The van der Waals surface area contributed by atoms with Crippen molar-refractivity contribution in [3.05, 3.63) is 42.3 Å². The lowest BCUT2D eigenvalue weighted by Gasteiger charge is -1.98. The molecular formula is C10H9NO2S. The first-order chi connectivity index (χ1) is 6.88. The van der Waals surface area contributed by atoms with Crippen LogP contribution in [0, 0.1) is 0 Å². The van der Waals surface area contributed by atoms with E-state index in [1.165, 1.54) is 11.8 Å². The van der Waals surface area contributed by atoms with Crippen molar-refractivity contribution in [2.45, 2.75) is 16.7 Å². The van der Waals surface area contributed by atoms with Gasteiger partial charge in [0.05, 0.1) is 12.8 Å². The highest BCUT2D eigenvalue weighted by atomic mass is 32.2. The van der Waals surface area contributed by atoms with E-state index in [1.54, 1.807) is 12.5 Å². The molecule has 0 unspecified atom stereocenters. The summed E-state index contributed by atoms with van der Waals surface area (Å²) in [6, 6.07) is 7.62. The zero-order chi connectivity index (χ0) is 9.80. The number of nitrogens with zero attached hydrogens (tertiary/aromatic N) is 1. The number of aromatic nitrogens is 1. The van der Waals surface area contributed by atoms with Crippen LogP contribution in [0.1, 0.15) is 5.56 Å². The minimum absolute atomic E-state index is 0.0734.